The van der Waals surface area contributed by atoms with Gasteiger partial charge < -0.3 is 10.2 Å². The number of nitrogens with zero attached hydrogens (tertiary/aromatic N) is 1. The van der Waals surface area contributed by atoms with E-state index >= 15 is 0 Å². The van der Waals surface area contributed by atoms with E-state index in [4.69, 9.17) is 0 Å². The number of thioether (sulfide) groups is 1. The average Bonchev–Trinajstić information content (AvgIpc) is 3.26. The maximum absolute atomic E-state index is 13.1. The van der Waals surface area contributed by atoms with E-state index < -0.39 is 6.04 Å². The van der Waals surface area contributed by atoms with Crippen LogP contribution in [-0.2, 0) is 21.9 Å². The highest BCUT2D eigenvalue weighted by molar-refractivity contribution is 7.99. The van der Waals surface area contributed by atoms with Gasteiger partial charge in [0.2, 0.25) is 11.8 Å². The van der Waals surface area contributed by atoms with Gasteiger partial charge in [0.15, 0.2) is 0 Å². The van der Waals surface area contributed by atoms with Gasteiger partial charge in [0, 0.05) is 18.3 Å². The van der Waals surface area contributed by atoms with Crippen LogP contribution in [0.15, 0.2) is 54.6 Å². The molecule has 1 N–H and O–H groups in total. The summed E-state index contributed by atoms with van der Waals surface area (Å²) in [7, 11) is 0. The van der Waals surface area contributed by atoms with E-state index in [1.54, 1.807) is 16.7 Å². The fraction of sp³-hybridized carbons (Fsp3) is 0.440. The van der Waals surface area contributed by atoms with Gasteiger partial charge in [-0.05, 0) is 43.4 Å². The average molecular weight is 425 g/mol. The van der Waals surface area contributed by atoms with Crippen LogP contribution in [0.2, 0.25) is 0 Å². The Labute approximate surface area is 184 Å². The molecule has 3 rings (SSSR count). The predicted molar refractivity (Wildman–Crippen MR) is 124 cm³/mol. The van der Waals surface area contributed by atoms with Gasteiger partial charge in [-0.15, -0.1) is 11.8 Å². The van der Waals surface area contributed by atoms with Crippen molar-refractivity contribution in [3.8, 4) is 0 Å². The summed E-state index contributed by atoms with van der Waals surface area (Å²) < 4.78 is 0. The Morgan fingerprint density at radius 3 is 2.43 bits per heavy atom. The Kier molecular flexibility index (Phi) is 8.38. The van der Waals surface area contributed by atoms with E-state index in [-0.39, 0.29) is 17.9 Å². The highest BCUT2D eigenvalue weighted by Gasteiger charge is 2.28. The van der Waals surface area contributed by atoms with Gasteiger partial charge in [-0.25, -0.2) is 0 Å². The van der Waals surface area contributed by atoms with Crippen molar-refractivity contribution in [3.63, 3.8) is 0 Å². The second kappa shape index (κ2) is 11.2. The van der Waals surface area contributed by atoms with Crippen LogP contribution >= 0.6 is 11.8 Å². The molecular weight excluding hydrogens is 392 g/mol. The first-order valence-electron chi connectivity index (χ1n) is 10.8. The van der Waals surface area contributed by atoms with Gasteiger partial charge in [0.1, 0.15) is 6.04 Å². The molecule has 0 radical (unpaired) electrons. The number of benzene rings is 2. The number of nitrogens with one attached hydrogen (secondary N) is 1. The molecule has 1 unspecified atom stereocenters. The van der Waals surface area contributed by atoms with Crippen LogP contribution in [0, 0.1) is 6.92 Å². The summed E-state index contributed by atoms with van der Waals surface area (Å²) in [6.07, 6.45) is 4.41. The maximum Gasteiger partial charge on any atom is 0.242 e. The van der Waals surface area contributed by atoms with Crippen LogP contribution in [0.5, 0.6) is 0 Å². The third kappa shape index (κ3) is 6.36. The van der Waals surface area contributed by atoms with Crippen LogP contribution in [0.25, 0.3) is 0 Å². The molecule has 1 saturated carbocycles. The number of rotatable bonds is 9. The van der Waals surface area contributed by atoms with Gasteiger partial charge in [-0.3, -0.25) is 9.59 Å². The molecular formula is C25H32N2O2S. The summed E-state index contributed by atoms with van der Waals surface area (Å²) in [5.74, 6) is 1.12. The fourth-order valence-electron chi connectivity index (χ4n) is 3.86. The summed E-state index contributed by atoms with van der Waals surface area (Å²) in [6.45, 7) is 4.38. The lowest BCUT2D eigenvalue weighted by atomic mass is 10.1. The van der Waals surface area contributed by atoms with Gasteiger partial charge in [0.25, 0.3) is 0 Å². The molecule has 2 aromatic carbocycles. The van der Waals surface area contributed by atoms with Crippen LogP contribution in [-0.4, -0.2) is 34.6 Å². The molecule has 0 aromatic heterocycles. The Bertz CT molecular complexity index is 834. The van der Waals surface area contributed by atoms with E-state index in [0.717, 1.165) is 24.2 Å². The zero-order valence-corrected chi connectivity index (χ0v) is 18.8. The number of hydrogen-bond donors (Lipinski definition) is 1. The SMILES string of the molecule is Cc1ccccc1CSCC(=O)N(Cc1ccccc1)C(C)C(=O)NC1CCCC1. The number of amides is 2. The maximum atomic E-state index is 13.1. The normalized spacial score (nSPS) is 15.0. The number of aryl methyl sites for hydroxylation is 1. The molecule has 1 aliphatic carbocycles. The predicted octanol–water partition coefficient (Wildman–Crippen LogP) is 4.70. The van der Waals surface area contributed by atoms with Gasteiger partial charge in [-0.1, -0.05) is 67.4 Å². The smallest absolute Gasteiger partial charge is 0.242 e. The van der Waals surface area contributed by atoms with Crippen LogP contribution in [0.4, 0.5) is 0 Å². The zero-order valence-electron chi connectivity index (χ0n) is 18.0. The largest absolute Gasteiger partial charge is 0.352 e. The monoisotopic (exact) mass is 424 g/mol. The van der Waals surface area contributed by atoms with Crippen LogP contribution < -0.4 is 5.32 Å². The second-order valence-electron chi connectivity index (χ2n) is 8.09. The molecule has 0 saturated heterocycles. The molecule has 4 nitrogen and oxygen atoms in total. The van der Waals surface area contributed by atoms with Crippen molar-refractivity contribution < 1.29 is 9.59 Å². The molecule has 160 valence electrons. The van der Waals surface area contributed by atoms with Gasteiger partial charge in [-0.2, -0.15) is 0 Å². The summed E-state index contributed by atoms with van der Waals surface area (Å²) in [6, 6.07) is 17.9. The summed E-state index contributed by atoms with van der Waals surface area (Å²) >= 11 is 1.61. The zero-order chi connectivity index (χ0) is 21.3. The molecule has 2 amide bonds. The van der Waals surface area contributed by atoms with Crippen molar-refractivity contribution in [1.82, 2.24) is 10.2 Å². The Balaban J connectivity index is 1.63. The fourth-order valence-corrected chi connectivity index (χ4v) is 4.84. The van der Waals surface area contributed by atoms with Crippen LogP contribution in [0.1, 0.15) is 49.3 Å². The standard InChI is InChI=1S/C25H32N2O2S/c1-19-10-6-7-13-22(19)17-30-18-24(28)27(16-21-11-4-3-5-12-21)20(2)25(29)26-23-14-8-9-15-23/h3-7,10-13,20,23H,8-9,14-18H2,1-2H3,(H,26,29). The van der Waals surface area contributed by atoms with Crippen molar-refractivity contribution >= 4 is 23.6 Å². The first-order chi connectivity index (χ1) is 14.5. The minimum atomic E-state index is -0.489. The summed E-state index contributed by atoms with van der Waals surface area (Å²) in [4.78, 5) is 27.7. The lowest BCUT2D eigenvalue weighted by Crippen LogP contribution is -2.50. The molecule has 1 fully saturated rings. The van der Waals surface area contributed by atoms with Crippen molar-refractivity contribution in [2.24, 2.45) is 0 Å². The highest BCUT2D eigenvalue weighted by atomic mass is 32.2. The molecule has 0 aliphatic heterocycles. The van der Waals surface area contributed by atoms with E-state index in [0.29, 0.717) is 12.3 Å². The lowest BCUT2D eigenvalue weighted by molar-refractivity contribution is -0.138. The van der Waals surface area contributed by atoms with E-state index in [1.165, 1.54) is 24.0 Å². The van der Waals surface area contributed by atoms with Crippen molar-refractivity contribution in [2.45, 2.75) is 63.9 Å². The Morgan fingerprint density at radius 1 is 1.07 bits per heavy atom. The first-order valence-corrected chi connectivity index (χ1v) is 12.0. The van der Waals surface area contributed by atoms with E-state index in [1.807, 2.05) is 49.4 Å². The van der Waals surface area contributed by atoms with Gasteiger partial charge in [0.05, 0.1) is 5.75 Å². The minimum Gasteiger partial charge on any atom is -0.352 e. The Hall–Kier alpha value is -2.27. The van der Waals surface area contributed by atoms with E-state index in [2.05, 4.69) is 24.4 Å². The van der Waals surface area contributed by atoms with Gasteiger partial charge >= 0.3 is 0 Å². The highest BCUT2D eigenvalue weighted by Crippen LogP contribution is 2.20. The molecule has 1 atom stereocenters. The Morgan fingerprint density at radius 2 is 1.73 bits per heavy atom. The number of carbonyl (C=O) groups is 2. The van der Waals surface area contributed by atoms with Crippen molar-refractivity contribution in [1.29, 1.82) is 0 Å². The second-order valence-corrected chi connectivity index (χ2v) is 9.08. The third-order valence-corrected chi connectivity index (χ3v) is 6.78. The molecule has 0 spiro atoms. The first kappa shape index (κ1) is 22.4. The molecule has 30 heavy (non-hydrogen) atoms. The third-order valence-electron chi connectivity index (χ3n) is 5.81. The molecule has 0 bridgehead atoms. The molecule has 1 aliphatic rings. The molecule has 0 heterocycles. The summed E-state index contributed by atoms with van der Waals surface area (Å²) in [5.41, 5.74) is 3.52. The van der Waals surface area contributed by atoms with Crippen molar-refractivity contribution in [3.05, 3.63) is 71.3 Å². The summed E-state index contributed by atoms with van der Waals surface area (Å²) in [5, 5.41) is 3.15. The lowest BCUT2D eigenvalue weighted by Gasteiger charge is -2.29. The number of hydrogen-bond acceptors (Lipinski definition) is 3. The quantitative estimate of drug-likeness (QED) is 0.634. The minimum absolute atomic E-state index is 0.00603. The van der Waals surface area contributed by atoms with Crippen LogP contribution in [0.3, 0.4) is 0 Å². The molecule has 2 aromatic rings. The van der Waals surface area contributed by atoms with Crippen molar-refractivity contribution in [2.75, 3.05) is 5.75 Å². The molecule has 5 heteroatoms. The van der Waals surface area contributed by atoms with E-state index in [9.17, 15) is 9.59 Å². The number of carbonyl (C=O) groups excluding carboxylic acids is 2. The topological polar surface area (TPSA) is 49.4 Å².